The molecular formula is C22H26N10O9P2S2. The van der Waals surface area contributed by atoms with Gasteiger partial charge in [0.05, 0.1) is 32.0 Å². The summed E-state index contributed by atoms with van der Waals surface area (Å²) in [5, 5.41) is 0. The van der Waals surface area contributed by atoms with Crippen molar-refractivity contribution in [3.63, 3.8) is 0 Å². The van der Waals surface area contributed by atoms with Crippen molar-refractivity contribution in [2.75, 3.05) is 24.7 Å². The maximum atomic E-state index is 12.3. The number of nitrogens with one attached hydrogen (secondary N) is 1. The number of aromatic amines is 1. The molecule has 240 valence electrons. The van der Waals surface area contributed by atoms with Gasteiger partial charge in [0.1, 0.15) is 24.2 Å². The predicted octanol–water partition coefficient (Wildman–Crippen LogP) is -0.0633. The minimum Gasteiger partial charge on any atom is -0.382 e. The van der Waals surface area contributed by atoms with Crippen LogP contribution in [0.25, 0.3) is 22.3 Å². The average molecular weight is 701 g/mol. The lowest BCUT2D eigenvalue weighted by Crippen LogP contribution is -2.33. The molecule has 4 aromatic rings. The molecule has 0 aromatic carbocycles. The van der Waals surface area contributed by atoms with Crippen LogP contribution in [0.1, 0.15) is 31.7 Å². The molecule has 0 spiro atoms. The molecule has 0 amide bonds. The van der Waals surface area contributed by atoms with E-state index in [0.717, 1.165) is 0 Å². The highest BCUT2D eigenvalue weighted by molar-refractivity contribution is 8.07. The highest BCUT2D eigenvalue weighted by Gasteiger charge is 2.45. The lowest BCUT2D eigenvalue weighted by atomic mass is 10.0. The molecule has 0 radical (unpaired) electrons. The van der Waals surface area contributed by atoms with Crippen LogP contribution in [0.5, 0.6) is 0 Å². The average Bonchev–Trinajstić information content (AvgIpc) is 3.75. The van der Waals surface area contributed by atoms with Crippen molar-refractivity contribution < 1.29 is 37.7 Å². The zero-order chi connectivity index (χ0) is 32.1. The Kier molecular flexibility index (Phi) is 8.53. The minimum atomic E-state index is -4.05. The normalized spacial score (nSPS) is 26.8. The second-order valence-corrected chi connectivity index (χ2v) is 15.6. The second kappa shape index (κ2) is 12.0. The van der Waals surface area contributed by atoms with E-state index >= 15 is 0 Å². The predicted molar refractivity (Wildman–Crippen MR) is 164 cm³/mol. The molecule has 2 aliphatic rings. The smallest absolute Gasteiger partial charge is 0.325 e. The molecular weight excluding hydrogens is 674 g/mol. The molecule has 2 aliphatic heterocycles. The highest BCUT2D eigenvalue weighted by Crippen LogP contribution is 2.51. The third kappa shape index (κ3) is 6.64. The first-order chi connectivity index (χ1) is 21.3. The van der Waals surface area contributed by atoms with Crippen molar-refractivity contribution in [1.82, 2.24) is 39.0 Å². The molecule has 0 bridgehead atoms. The fourth-order valence-electron chi connectivity index (χ4n) is 5.13. The molecule has 2 unspecified atom stereocenters. The first kappa shape index (κ1) is 32.0. The van der Waals surface area contributed by atoms with E-state index in [9.17, 15) is 19.5 Å². The molecule has 0 saturated carbocycles. The van der Waals surface area contributed by atoms with E-state index in [1.54, 1.807) is 4.57 Å². The van der Waals surface area contributed by atoms with Gasteiger partial charge in [-0.2, -0.15) is 4.98 Å². The summed E-state index contributed by atoms with van der Waals surface area (Å²) < 4.78 is 31.8. The molecule has 6 rings (SSSR count). The lowest BCUT2D eigenvalue weighted by Gasteiger charge is -2.28. The monoisotopic (exact) mass is 700 g/mol. The van der Waals surface area contributed by atoms with Crippen molar-refractivity contribution in [1.29, 1.82) is 0 Å². The van der Waals surface area contributed by atoms with Gasteiger partial charge >= 0.3 is 13.4 Å². The summed E-state index contributed by atoms with van der Waals surface area (Å²) in [6.45, 7) is -8.70. The van der Waals surface area contributed by atoms with Crippen LogP contribution < -0.4 is 17.0 Å². The number of terminal acetylenes is 1. The van der Waals surface area contributed by atoms with E-state index in [0.29, 0.717) is 24.0 Å². The molecule has 45 heavy (non-hydrogen) atoms. The van der Waals surface area contributed by atoms with Gasteiger partial charge in [0.15, 0.2) is 34.5 Å². The van der Waals surface area contributed by atoms with Gasteiger partial charge in [0, 0.05) is 6.42 Å². The maximum Gasteiger partial charge on any atom is 0.325 e. The Morgan fingerprint density at radius 2 is 1.89 bits per heavy atom. The second-order valence-electron chi connectivity index (χ2n) is 10.2. The van der Waals surface area contributed by atoms with Crippen LogP contribution in [-0.4, -0.2) is 84.7 Å². The van der Waals surface area contributed by atoms with E-state index in [1.807, 2.05) is 0 Å². The topological polar surface area (TPSA) is 266 Å². The van der Waals surface area contributed by atoms with Gasteiger partial charge in [-0.15, -0.1) is 6.42 Å². The SMILES string of the molecule is C#C[C@@]1(COP(O)(=S)OC2C[C@@H](COP(O)(O)=S)O[C@H]2n2cnc3c(=O)[nH]c(N)nc32)CC[C@H](n2cnc3c(N)ncnc32)O1. The van der Waals surface area contributed by atoms with Crippen LogP contribution >= 0.6 is 13.4 Å². The number of nitrogens with zero attached hydrogens (tertiary/aromatic N) is 7. The zero-order valence-corrected chi connectivity index (χ0v) is 26.4. The molecule has 6 heterocycles. The number of hydrogen-bond donors (Lipinski definition) is 6. The molecule has 0 aliphatic carbocycles. The Balaban J connectivity index is 1.19. The number of fused-ring (bicyclic) bond motifs is 2. The summed E-state index contributed by atoms with van der Waals surface area (Å²) in [5.74, 6) is 2.65. The Bertz CT molecular complexity index is 1960. The third-order valence-electron chi connectivity index (χ3n) is 7.15. The van der Waals surface area contributed by atoms with Gasteiger partial charge < -0.3 is 49.2 Å². The number of aromatic nitrogens is 8. The molecule has 2 saturated heterocycles. The molecule has 6 atom stereocenters. The number of anilines is 2. The minimum absolute atomic E-state index is 0.0260. The number of nitrogens with two attached hydrogens (primary N) is 2. The number of rotatable bonds is 10. The van der Waals surface area contributed by atoms with Crippen LogP contribution in [-0.2, 0) is 46.7 Å². The van der Waals surface area contributed by atoms with Gasteiger partial charge in [0.2, 0.25) is 5.95 Å². The number of imidazole rings is 2. The van der Waals surface area contributed by atoms with E-state index in [2.05, 4.69) is 47.6 Å². The molecule has 8 N–H and O–H groups in total. The summed E-state index contributed by atoms with van der Waals surface area (Å²) in [6.07, 6.45) is 7.32. The summed E-state index contributed by atoms with van der Waals surface area (Å²) in [5.41, 5.74) is 10.7. The van der Waals surface area contributed by atoms with Crippen LogP contribution in [0.15, 0.2) is 23.8 Å². The van der Waals surface area contributed by atoms with Crippen LogP contribution in [0.3, 0.4) is 0 Å². The van der Waals surface area contributed by atoms with E-state index in [-0.39, 0.29) is 42.6 Å². The van der Waals surface area contributed by atoms with Crippen molar-refractivity contribution in [2.45, 2.75) is 49.5 Å². The molecule has 23 heteroatoms. The standard InChI is InChI=1S/C22H26N10O9P2S2/c1-2-22(4-3-13(40-22)31-9-27-14-16(23)25-8-26-17(14)31)7-38-43(36,45)41-12-5-11(6-37-42(34,35)44)39-20(12)32-10-28-15-18(32)29-21(24)30-19(15)33/h1,8-13,20H,3-7H2,(H,36,45)(H2,23,25,26)(H2,34,35,44)(H3,24,29,30,33)/t11-,12?,13+,20+,22-,43?/m0/s1. The quantitative estimate of drug-likeness (QED) is 0.0934. The fraction of sp³-hybridized carbons (Fsp3) is 0.455. The van der Waals surface area contributed by atoms with Gasteiger partial charge in [-0.25, -0.2) is 19.9 Å². The zero-order valence-electron chi connectivity index (χ0n) is 22.9. The molecule has 2 fully saturated rings. The Morgan fingerprint density at radius 1 is 1.13 bits per heavy atom. The lowest BCUT2D eigenvalue weighted by molar-refractivity contribution is -0.0648. The van der Waals surface area contributed by atoms with Crippen LogP contribution in [0, 0.1) is 12.3 Å². The van der Waals surface area contributed by atoms with Crippen molar-refractivity contribution >= 4 is 71.1 Å². The molecule has 4 aromatic heterocycles. The van der Waals surface area contributed by atoms with Crippen molar-refractivity contribution in [3.8, 4) is 12.3 Å². The first-order valence-corrected chi connectivity index (χ1v) is 18.3. The highest BCUT2D eigenvalue weighted by atomic mass is 32.5. The third-order valence-corrected chi connectivity index (χ3v) is 9.51. The van der Waals surface area contributed by atoms with Gasteiger partial charge in [0.25, 0.3) is 5.56 Å². The van der Waals surface area contributed by atoms with Crippen molar-refractivity contribution in [3.05, 3.63) is 29.3 Å². The largest absolute Gasteiger partial charge is 0.382 e. The van der Waals surface area contributed by atoms with Crippen LogP contribution in [0.2, 0.25) is 0 Å². The van der Waals surface area contributed by atoms with E-state index < -0.39 is 49.3 Å². The first-order valence-electron chi connectivity index (χ1n) is 13.1. The summed E-state index contributed by atoms with van der Waals surface area (Å²) in [6, 6.07) is 0. The maximum absolute atomic E-state index is 12.3. The summed E-state index contributed by atoms with van der Waals surface area (Å²) in [7, 11) is 0. The Hall–Kier alpha value is -2.96. The number of nitrogen functional groups attached to an aromatic ring is 2. The number of ether oxygens (including phenoxy) is 2. The van der Waals surface area contributed by atoms with Gasteiger partial charge in [-0.1, -0.05) is 5.92 Å². The van der Waals surface area contributed by atoms with E-state index in [1.165, 1.54) is 23.5 Å². The summed E-state index contributed by atoms with van der Waals surface area (Å²) in [4.78, 5) is 65.5. The molecule has 19 nitrogen and oxygen atoms in total. The Morgan fingerprint density at radius 3 is 2.64 bits per heavy atom. The Labute approximate surface area is 263 Å². The van der Waals surface area contributed by atoms with Crippen LogP contribution in [0.4, 0.5) is 11.8 Å². The number of hydrogen-bond acceptors (Lipinski definition) is 15. The number of H-pyrrole nitrogens is 1. The van der Waals surface area contributed by atoms with Gasteiger partial charge in [-0.3, -0.25) is 18.9 Å². The summed E-state index contributed by atoms with van der Waals surface area (Å²) >= 11 is 9.87. The van der Waals surface area contributed by atoms with E-state index in [4.69, 9.17) is 52.7 Å². The van der Waals surface area contributed by atoms with Crippen molar-refractivity contribution in [2.24, 2.45) is 0 Å². The fourth-order valence-corrected chi connectivity index (χ4v) is 7.12. The van der Waals surface area contributed by atoms with Gasteiger partial charge in [-0.05, 0) is 36.5 Å².